The highest BCUT2D eigenvalue weighted by Crippen LogP contribution is 2.28. The molecule has 0 aliphatic carbocycles. The number of ether oxygens (including phenoxy) is 1. The first kappa shape index (κ1) is 18.8. The molecule has 0 saturated carbocycles. The van der Waals surface area contributed by atoms with Crippen molar-refractivity contribution in [2.24, 2.45) is 0 Å². The summed E-state index contributed by atoms with van der Waals surface area (Å²) in [6, 6.07) is 12.9. The van der Waals surface area contributed by atoms with E-state index >= 15 is 0 Å². The number of nitrogens with zero attached hydrogens (tertiary/aromatic N) is 2. The minimum Gasteiger partial charge on any atom is -0.435 e. The van der Waals surface area contributed by atoms with Crippen LogP contribution < -0.4 is 10.1 Å². The van der Waals surface area contributed by atoms with Gasteiger partial charge >= 0.3 is 6.61 Å². The molecule has 0 fully saturated rings. The number of carbonyl (C=O) groups excluding carboxylic acids is 1. The van der Waals surface area contributed by atoms with Crippen LogP contribution in [0.15, 0.2) is 71.0 Å². The standard InChI is InChI=1S/C19H15F2N3O2S/c1-12-10-15(27-19-22-8-3-9-23-19)6-7-16(12)24-17(25)13-4-2-5-14(11-13)26-18(20)21/h2-11,18H,1H3,(H,24,25). The number of aromatic nitrogens is 2. The van der Waals surface area contributed by atoms with Crippen LogP contribution in [0.4, 0.5) is 14.5 Å². The van der Waals surface area contributed by atoms with Crippen molar-refractivity contribution in [2.45, 2.75) is 23.6 Å². The van der Waals surface area contributed by atoms with Gasteiger partial charge < -0.3 is 10.1 Å². The first-order valence-corrected chi connectivity index (χ1v) is 8.74. The highest BCUT2D eigenvalue weighted by molar-refractivity contribution is 7.99. The van der Waals surface area contributed by atoms with Gasteiger partial charge in [-0.2, -0.15) is 8.78 Å². The maximum absolute atomic E-state index is 12.4. The van der Waals surface area contributed by atoms with Crippen LogP contribution in [-0.4, -0.2) is 22.5 Å². The van der Waals surface area contributed by atoms with Gasteiger partial charge in [-0.05, 0) is 66.7 Å². The molecule has 0 spiro atoms. The second-order valence-electron chi connectivity index (χ2n) is 5.47. The van der Waals surface area contributed by atoms with Gasteiger partial charge in [0.1, 0.15) is 5.75 Å². The fourth-order valence-corrected chi connectivity index (χ4v) is 3.10. The SMILES string of the molecule is Cc1cc(Sc2ncccn2)ccc1NC(=O)c1cccc(OC(F)F)c1. The van der Waals surface area contributed by atoms with E-state index in [9.17, 15) is 13.6 Å². The molecule has 1 aromatic heterocycles. The van der Waals surface area contributed by atoms with Gasteiger partial charge in [0.25, 0.3) is 5.91 Å². The Bertz CT molecular complexity index is 939. The van der Waals surface area contributed by atoms with Gasteiger partial charge in [0, 0.05) is 28.5 Å². The van der Waals surface area contributed by atoms with E-state index in [1.165, 1.54) is 36.0 Å². The monoisotopic (exact) mass is 387 g/mol. The Balaban J connectivity index is 1.71. The molecule has 3 rings (SSSR count). The number of nitrogens with one attached hydrogen (secondary N) is 1. The van der Waals surface area contributed by atoms with Gasteiger partial charge in [0.2, 0.25) is 0 Å². The molecule has 0 aliphatic rings. The van der Waals surface area contributed by atoms with Crippen molar-refractivity contribution in [3.8, 4) is 5.75 Å². The van der Waals surface area contributed by atoms with Crippen LogP contribution >= 0.6 is 11.8 Å². The maximum atomic E-state index is 12.4. The Morgan fingerprint density at radius 1 is 1.11 bits per heavy atom. The Morgan fingerprint density at radius 2 is 1.89 bits per heavy atom. The summed E-state index contributed by atoms with van der Waals surface area (Å²) in [5, 5.41) is 3.40. The Hall–Kier alpha value is -3.00. The summed E-state index contributed by atoms with van der Waals surface area (Å²) in [6.07, 6.45) is 3.34. The van der Waals surface area contributed by atoms with Crippen molar-refractivity contribution < 1.29 is 18.3 Å². The predicted octanol–water partition coefficient (Wildman–Crippen LogP) is 4.79. The molecule has 0 atom stereocenters. The van der Waals surface area contributed by atoms with Crippen molar-refractivity contribution in [2.75, 3.05) is 5.32 Å². The molecule has 0 saturated heterocycles. The van der Waals surface area contributed by atoms with Gasteiger partial charge in [-0.3, -0.25) is 4.79 Å². The number of hydrogen-bond acceptors (Lipinski definition) is 5. The van der Waals surface area contributed by atoms with Crippen molar-refractivity contribution in [1.82, 2.24) is 9.97 Å². The van der Waals surface area contributed by atoms with E-state index in [1.807, 2.05) is 19.1 Å². The molecule has 0 unspecified atom stereocenters. The highest BCUT2D eigenvalue weighted by atomic mass is 32.2. The number of carbonyl (C=O) groups is 1. The minimum absolute atomic E-state index is 0.0658. The number of hydrogen-bond donors (Lipinski definition) is 1. The molecule has 27 heavy (non-hydrogen) atoms. The maximum Gasteiger partial charge on any atom is 0.387 e. The molecule has 5 nitrogen and oxygen atoms in total. The van der Waals surface area contributed by atoms with E-state index in [-0.39, 0.29) is 11.3 Å². The van der Waals surface area contributed by atoms with Gasteiger partial charge in [-0.15, -0.1) is 0 Å². The van der Waals surface area contributed by atoms with E-state index in [2.05, 4.69) is 20.0 Å². The largest absolute Gasteiger partial charge is 0.435 e. The molecular weight excluding hydrogens is 372 g/mol. The fourth-order valence-electron chi connectivity index (χ4n) is 2.29. The third-order valence-corrected chi connectivity index (χ3v) is 4.40. The molecule has 1 amide bonds. The van der Waals surface area contributed by atoms with Gasteiger partial charge in [0.05, 0.1) is 0 Å². The second kappa shape index (κ2) is 8.59. The van der Waals surface area contributed by atoms with Crippen molar-refractivity contribution in [3.05, 3.63) is 72.1 Å². The van der Waals surface area contributed by atoms with Crippen LogP contribution in [0, 0.1) is 6.92 Å². The van der Waals surface area contributed by atoms with Crippen LogP contribution in [0.1, 0.15) is 15.9 Å². The third kappa shape index (κ3) is 5.24. The molecule has 0 radical (unpaired) electrons. The molecule has 0 bridgehead atoms. The molecule has 1 heterocycles. The lowest BCUT2D eigenvalue weighted by Gasteiger charge is -2.11. The lowest BCUT2D eigenvalue weighted by atomic mass is 10.1. The number of halogens is 2. The van der Waals surface area contributed by atoms with E-state index < -0.39 is 12.5 Å². The van der Waals surface area contributed by atoms with Gasteiger partial charge in [-0.1, -0.05) is 6.07 Å². The average Bonchev–Trinajstić information content (AvgIpc) is 2.64. The normalized spacial score (nSPS) is 10.7. The Morgan fingerprint density at radius 3 is 2.59 bits per heavy atom. The van der Waals surface area contributed by atoms with Crippen LogP contribution in [0.3, 0.4) is 0 Å². The smallest absolute Gasteiger partial charge is 0.387 e. The number of aryl methyl sites for hydroxylation is 1. The second-order valence-corrected chi connectivity index (χ2v) is 6.51. The lowest BCUT2D eigenvalue weighted by molar-refractivity contribution is -0.0498. The zero-order chi connectivity index (χ0) is 19.2. The number of rotatable bonds is 6. The molecule has 0 aliphatic heterocycles. The average molecular weight is 387 g/mol. The van der Waals surface area contributed by atoms with Crippen LogP contribution in [0.2, 0.25) is 0 Å². The molecule has 2 aromatic carbocycles. The van der Waals surface area contributed by atoms with Gasteiger partial charge in [-0.25, -0.2) is 9.97 Å². The third-order valence-electron chi connectivity index (χ3n) is 3.52. The van der Waals surface area contributed by atoms with Crippen molar-refractivity contribution >= 4 is 23.4 Å². The van der Waals surface area contributed by atoms with E-state index in [4.69, 9.17) is 0 Å². The van der Waals surface area contributed by atoms with Crippen LogP contribution in [0.25, 0.3) is 0 Å². The van der Waals surface area contributed by atoms with Crippen molar-refractivity contribution in [1.29, 1.82) is 0 Å². The first-order chi connectivity index (χ1) is 13.0. The molecular formula is C19H15F2N3O2S. The summed E-state index contributed by atoms with van der Waals surface area (Å²) >= 11 is 1.41. The topological polar surface area (TPSA) is 64.1 Å². The number of alkyl halides is 2. The summed E-state index contributed by atoms with van der Waals surface area (Å²) in [7, 11) is 0. The highest BCUT2D eigenvalue weighted by Gasteiger charge is 2.11. The zero-order valence-corrected chi connectivity index (χ0v) is 15.0. The molecule has 138 valence electrons. The molecule has 1 N–H and O–H groups in total. The number of anilines is 1. The Kier molecular flexibility index (Phi) is 5.97. The van der Waals surface area contributed by atoms with Crippen LogP contribution in [-0.2, 0) is 0 Å². The minimum atomic E-state index is -2.94. The summed E-state index contributed by atoms with van der Waals surface area (Å²) in [5.41, 5.74) is 1.70. The summed E-state index contributed by atoms with van der Waals surface area (Å²) in [5.74, 6) is -0.478. The first-order valence-electron chi connectivity index (χ1n) is 7.93. The van der Waals surface area contributed by atoms with Crippen LogP contribution in [0.5, 0.6) is 5.75 Å². The van der Waals surface area contributed by atoms with E-state index in [0.717, 1.165) is 10.5 Å². The predicted molar refractivity (Wildman–Crippen MR) is 98.4 cm³/mol. The molecule has 8 heteroatoms. The number of benzene rings is 2. The van der Waals surface area contributed by atoms with Gasteiger partial charge in [0.15, 0.2) is 5.16 Å². The molecule has 3 aromatic rings. The van der Waals surface area contributed by atoms with Crippen molar-refractivity contribution in [3.63, 3.8) is 0 Å². The Labute approximate surface area is 158 Å². The number of amides is 1. The summed E-state index contributed by atoms with van der Waals surface area (Å²) < 4.78 is 29.0. The summed E-state index contributed by atoms with van der Waals surface area (Å²) in [6.45, 7) is -1.08. The zero-order valence-electron chi connectivity index (χ0n) is 14.2. The fraction of sp³-hybridized carbons (Fsp3) is 0.105. The quantitative estimate of drug-likeness (QED) is 0.616. The lowest BCUT2D eigenvalue weighted by Crippen LogP contribution is -2.13. The summed E-state index contributed by atoms with van der Waals surface area (Å²) in [4.78, 5) is 21.7. The van der Waals surface area contributed by atoms with E-state index in [0.29, 0.717) is 10.8 Å². The van der Waals surface area contributed by atoms with E-state index in [1.54, 1.807) is 24.5 Å².